The van der Waals surface area contributed by atoms with Crippen LogP contribution in [0.4, 0.5) is 0 Å². The molecule has 1 atom stereocenters. The predicted molar refractivity (Wildman–Crippen MR) is 81.0 cm³/mol. The third kappa shape index (κ3) is 3.77. The van der Waals surface area contributed by atoms with E-state index in [1.165, 1.54) is 0 Å². The van der Waals surface area contributed by atoms with E-state index in [0.717, 1.165) is 5.56 Å². The Morgan fingerprint density at radius 3 is 2.64 bits per heavy atom. The molecule has 0 radical (unpaired) electrons. The van der Waals surface area contributed by atoms with Crippen molar-refractivity contribution in [1.29, 1.82) is 0 Å². The highest BCUT2D eigenvalue weighted by molar-refractivity contribution is 5.96. The molecule has 1 heterocycles. The van der Waals surface area contributed by atoms with Crippen molar-refractivity contribution >= 4 is 5.91 Å². The second-order valence-electron chi connectivity index (χ2n) is 5.06. The molecular weight excluding hydrogens is 282 g/mol. The summed E-state index contributed by atoms with van der Waals surface area (Å²) in [5.41, 5.74) is 6.77. The molecule has 5 heteroatoms. The monoisotopic (exact) mass is 299 g/mol. The van der Waals surface area contributed by atoms with Crippen molar-refractivity contribution in [3.63, 3.8) is 0 Å². The molecule has 0 spiro atoms. The van der Waals surface area contributed by atoms with Crippen LogP contribution in [-0.2, 0) is 11.3 Å². The van der Waals surface area contributed by atoms with E-state index in [0.29, 0.717) is 36.9 Å². The summed E-state index contributed by atoms with van der Waals surface area (Å²) in [4.78, 5) is 11.6. The van der Waals surface area contributed by atoms with Gasteiger partial charge in [0.25, 0.3) is 5.91 Å². The van der Waals surface area contributed by atoms with Crippen LogP contribution in [0, 0.1) is 0 Å². The van der Waals surface area contributed by atoms with Crippen LogP contribution in [-0.4, -0.2) is 25.2 Å². The maximum atomic E-state index is 11.6. The fourth-order valence-corrected chi connectivity index (χ4v) is 2.01. The van der Waals surface area contributed by atoms with Gasteiger partial charge >= 0.3 is 0 Å². The van der Waals surface area contributed by atoms with E-state index in [-0.39, 0.29) is 6.10 Å². The Labute approximate surface area is 128 Å². The fourth-order valence-electron chi connectivity index (χ4n) is 2.01. The first-order valence-corrected chi connectivity index (χ1v) is 7.07. The Kier molecular flexibility index (Phi) is 4.25. The van der Waals surface area contributed by atoms with E-state index < -0.39 is 5.91 Å². The van der Waals surface area contributed by atoms with Crippen LogP contribution >= 0.6 is 0 Å². The van der Waals surface area contributed by atoms with Gasteiger partial charge in [0, 0.05) is 0 Å². The highest BCUT2D eigenvalue weighted by atomic mass is 16.6. The van der Waals surface area contributed by atoms with E-state index in [9.17, 15) is 4.79 Å². The van der Waals surface area contributed by atoms with Gasteiger partial charge in [-0.05, 0) is 23.8 Å². The molecule has 1 fully saturated rings. The Balaban J connectivity index is 1.69. The van der Waals surface area contributed by atoms with Crippen LogP contribution in [0.3, 0.4) is 0 Å². The molecule has 22 heavy (non-hydrogen) atoms. The molecule has 3 rings (SSSR count). The average Bonchev–Trinajstić information content (AvgIpc) is 3.36. The molecule has 1 aliphatic heterocycles. The van der Waals surface area contributed by atoms with Crippen molar-refractivity contribution in [2.45, 2.75) is 12.7 Å². The quantitative estimate of drug-likeness (QED) is 0.795. The van der Waals surface area contributed by atoms with Gasteiger partial charge in [-0.25, -0.2) is 0 Å². The maximum absolute atomic E-state index is 11.6. The molecule has 5 nitrogen and oxygen atoms in total. The zero-order chi connectivity index (χ0) is 15.4. The minimum atomic E-state index is -0.545. The Morgan fingerprint density at radius 1 is 1.18 bits per heavy atom. The lowest BCUT2D eigenvalue weighted by atomic mass is 10.1. The number of benzene rings is 2. The van der Waals surface area contributed by atoms with Gasteiger partial charge < -0.3 is 19.9 Å². The summed E-state index contributed by atoms with van der Waals surface area (Å²) in [6.45, 7) is 1.55. The molecule has 0 aliphatic carbocycles. The van der Waals surface area contributed by atoms with Crippen LogP contribution < -0.4 is 15.2 Å². The van der Waals surface area contributed by atoms with Gasteiger partial charge in [0.05, 0.1) is 12.2 Å². The summed E-state index contributed by atoms with van der Waals surface area (Å²) >= 11 is 0. The smallest absolute Gasteiger partial charge is 0.252 e. The molecule has 2 aromatic rings. The third-order valence-corrected chi connectivity index (χ3v) is 3.29. The number of primary amides is 1. The van der Waals surface area contributed by atoms with Gasteiger partial charge in [0.15, 0.2) is 0 Å². The van der Waals surface area contributed by atoms with Crippen molar-refractivity contribution in [2.75, 3.05) is 13.2 Å². The van der Waals surface area contributed by atoms with Crippen molar-refractivity contribution in [1.82, 2.24) is 0 Å². The number of carbonyl (C=O) groups excluding carboxylic acids is 1. The number of epoxide rings is 1. The molecule has 1 saturated heterocycles. The van der Waals surface area contributed by atoms with Gasteiger partial charge in [-0.1, -0.05) is 30.3 Å². The van der Waals surface area contributed by atoms with Crippen LogP contribution in [0.1, 0.15) is 15.9 Å². The summed E-state index contributed by atoms with van der Waals surface area (Å²) in [5, 5.41) is 0. The summed E-state index contributed by atoms with van der Waals surface area (Å²) in [6, 6.07) is 14.9. The molecule has 2 aromatic carbocycles. The molecular formula is C17H17NO4. The first-order valence-electron chi connectivity index (χ1n) is 7.07. The van der Waals surface area contributed by atoms with Crippen LogP contribution in [0.2, 0.25) is 0 Å². The number of amides is 1. The van der Waals surface area contributed by atoms with Crippen LogP contribution in [0.5, 0.6) is 11.5 Å². The number of ether oxygens (including phenoxy) is 3. The lowest BCUT2D eigenvalue weighted by molar-refractivity contribution is 0.0995. The highest BCUT2D eigenvalue weighted by Crippen LogP contribution is 2.25. The molecule has 1 aliphatic rings. The highest BCUT2D eigenvalue weighted by Gasteiger charge is 2.24. The summed E-state index contributed by atoms with van der Waals surface area (Å²) < 4.78 is 16.3. The van der Waals surface area contributed by atoms with Crippen LogP contribution in [0.15, 0.2) is 48.5 Å². The first-order chi connectivity index (χ1) is 10.7. The van der Waals surface area contributed by atoms with Gasteiger partial charge in [-0.3, -0.25) is 4.79 Å². The van der Waals surface area contributed by atoms with Gasteiger partial charge in [0.2, 0.25) is 0 Å². The predicted octanol–water partition coefficient (Wildman–Crippen LogP) is 2.14. The number of nitrogens with two attached hydrogens (primary N) is 1. The fraction of sp³-hybridized carbons (Fsp3) is 0.235. The zero-order valence-corrected chi connectivity index (χ0v) is 12.0. The standard InChI is InChI=1S/C17H17NO4/c18-17(19)15-8-13(20-9-12-4-2-1-3-5-12)6-7-16(15)22-11-14-10-21-14/h1-8,14H,9-11H2,(H2,18,19). The lowest BCUT2D eigenvalue weighted by Gasteiger charge is -2.11. The molecule has 114 valence electrons. The van der Waals surface area contributed by atoms with Crippen molar-refractivity contribution in [2.24, 2.45) is 5.73 Å². The molecule has 0 saturated carbocycles. The number of rotatable bonds is 7. The molecule has 2 N–H and O–H groups in total. The second-order valence-corrected chi connectivity index (χ2v) is 5.06. The SMILES string of the molecule is NC(=O)c1cc(OCc2ccccc2)ccc1OCC1CO1. The largest absolute Gasteiger partial charge is 0.490 e. The lowest BCUT2D eigenvalue weighted by Crippen LogP contribution is -2.15. The third-order valence-electron chi connectivity index (χ3n) is 3.29. The number of hydrogen-bond donors (Lipinski definition) is 1. The first kappa shape index (κ1) is 14.4. The number of carbonyl (C=O) groups is 1. The summed E-state index contributed by atoms with van der Waals surface area (Å²) in [5.74, 6) is 0.486. The Hall–Kier alpha value is -2.53. The Bertz CT molecular complexity index is 653. The maximum Gasteiger partial charge on any atom is 0.252 e. The zero-order valence-electron chi connectivity index (χ0n) is 12.0. The molecule has 1 unspecified atom stereocenters. The topological polar surface area (TPSA) is 74.1 Å². The Morgan fingerprint density at radius 2 is 1.95 bits per heavy atom. The number of hydrogen-bond acceptors (Lipinski definition) is 4. The molecule has 0 aromatic heterocycles. The normalized spacial score (nSPS) is 16.1. The average molecular weight is 299 g/mol. The minimum Gasteiger partial charge on any atom is -0.490 e. The van der Waals surface area contributed by atoms with Gasteiger partial charge in [0.1, 0.15) is 30.8 Å². The van der Waals surface area contributed by atoms with Crippen LogP contribution in [0.25, 0.3) is 0 Å². The van der Waals surface area contributed by atoms with Crippen molar-refractivity contribution < 1.29 is 19.0 Å². The van der Waals surface area contributed by atoms with E-state index >= 15 is 0 Å². The van der Waals surface area contributed by atoms with E-state index in [4.69, 9.17) is 19.9 Å². The van der Waals surface area contributed by atoms with Crippen molar-refractivity contribution in [3.05, 3.63) is 59.7 Å². The molecule has 1 amide bonds. The molecule has 0 bridgehead atoms. The van der Waals surface area contributed by atoms with Crippen molar-refractivity contribution in [3.8, 4) is 11.5 Å². The van der Waals surface area contributed by atoms with Gasteiger partial charge in [-0.15, -0.1) is 0 Å². The summed E-state index contributed by atoms with van der Waals surface area (Å²) in [6.07, 6.45) is 0.120. The van der Waals surface area contributed by atoms with Gasteiger partial charge in [-0.2, -0.15) is 0 Å². The summed E-state index contributed by atoms with van der Waals surface area (Å²) in [7, 11) is 0. The van der Waals surface area contributed by atoms with E-state index in [1.807, 2.05) is 30.3 Å². The van der Waals surface area contributed by atoms with E-state index in [1.54, 1.807) is 18.2 Å². The minimum absolute atomic E-state index is 0.120. The van der Waals surface area contributed by atoms with E-state index in [2.05, 4.69) is 0 Å². The second kappa shape index (κ2) is 6.49.